The summed E-state index contributed by atoms with van der Waals surface area (Å²) in [6.45, 7) is 8.21. The molecule has 0 saturated heterocycles. The Morgan fingerprint density at radius 2 is 1.80 bits per heavy atom. The molecule has 0 aromatic carbocycles. The van der Waals surface area contributed by atoms with Crippen molar-refractivity contribution in [2.75, 3.05) is 6.54 Å². The first kappa shape index (κ1) is 16.4. The van der Waals surface area contributed by atoms with Crippen LogP contribution in [0.25, 0.3) is 0 Å². The van der Waals surface area contributed by atoms with Gasteiger partial charge in [0, 0.05) is 6.54 Å². The first-order chi connectivity index (χ1) is 6.69. The molecule has 0 aromatic heterocycles. The number of thiocarbonyl (C=S) groups is 1. The molecule has 0 aliphatic rings. The van der Waals surface area contributed by atoms with E-state index in [4.69, 9.17) is 4.74 Å². The van der Waals surface area contributed by atoms with E-state index in [2.05, 4.69) is 29.0 Å². The van der Waals surface area contributed by atoms with Crippen LogP contribution >= 0.6 is 12.2 Å². The van der Waals surface area contributed by atoms with Gasteiger partial charge >= 0.3 is 6.09 Å². The predicted molar refractivity (Wildman–Crippen MR) is 65.5 cm³/mol. The van der Waals surface area contributed by atoms with Crippen molar-refractivity contribution in [2.24, 2.45) is 11.5 Å². The molecule has 5 nitrogen and oxygen atoms in total. The molecule has 90 valence electrons. The van der Waals surface area contributed by atoms with Gasteiger partial charge in [0.15, 0.2) is 5.11 Å². The van der Waals surface area contributed by atoms with Gasteiger partial charge in [-0.05, 0) is 39.4 Å². The standard InChI is InChI=1S/C8H17NO2.CH4N2S/c1-5-6-9-7(10)11-8(2,3)4;2-1(3)4/h5-6H2,1-4H3,(H,9,10);(H4,2,3,4). The minimum Gasteiger partial charge on any atom is -0.444 e. The van der Waals surface area contributed by atoms with Crippen LogP contribution in [-0.4, -0.2) is 23.4 Å². The highest BCUT2D eigenvalue weighted by Crippen LogP contribution is 2.05. The summed E-state index contributed by atoms with van der Waals surface area (Å²) in [6, 6.07) is 0. The Morgan fingerprint density at radius 3 is 2.07 bits per heavy atom. The summed E-state index contributed by atoms with van der Waals surface area (Å²) in [5.74, 6) is 0. The second kappa shape index (κ2) is 8.28. The van der Waals surface area contributed by atoms with Crippen molar-refractivity contribution >= 4 is 23.4 Å². The summed E-state index contributed by atoms with van der Waals surface area (Å²) in [7, 11) is 0. The molecule has 5 N–H and O–H groups in total. The third kappa shape index (κ3) is 24.6. The van der Waals surface area contributed by atoms with Gasteiger partial charge in [-0.1, -0.05) is 6.92 Å². The lowest BCUT2D eigenvalue weighted by molar-refractivity contribution is 0.0528. The topological polar surface area (TPSA) is 90.4 Å². The summed E-state index contributed by atoms with van der Waals surface area (Å²) < 4.78 is 4.99. The van der Waals surface area contributed by atoms with Crippen molar-refractivity contribution in [1.82, 2.24) is 5.32 Å². The van der Waals surface area contributed by atoms with E-state index in [1.165, 1.54) is 0 Å². The van der Waals surface area contributed by atoms with Crippen LogP contribution in [0, 0.1) is 0 Å². The lowest BCUT2D eigenvalue weighted by atomic mass is 10.2. The number of alkyl carbamates (subject to hydrolysis) is 1. The smallest absolute Gasteiger partial charge is 0.407 e. The monoisotopic (exact) mass is 235 g/mol. The zero-order valence-corrected chi connectivity index (χ0v) is 10.6. The van der Waals surface area contributed by atoms with Crippen molar-refractivity contribution < 1.29 is 9.53 Å². The Hall–Kier alpha value is -1.04. The Kier molecular flexibility index (Phi) is 9.05. The molecule has 0 atom stereocenters. The summed E-state index contributed by atoms with van der Waals surface area (Å²) in [5.41, 5.74) is 8.85. The second-order valence-electron chi connectivity index (χ2n) is 3.83. The van der Waals surface area contributed by atoms with Gasteiger partial charge in [-0.3, -0.25) is 0 Å². The Labute approximate surface area is 96.5 Å². The van der Waals surface area contributed by atoms with Crippen molar-refractivity contribution in [3.63, 3.8) is 0 Å². The maximum Gasteiger partial charge on any atom is 0.407 e. The lowest BCUT2D eigenvalue weighted by Gasteiger charge is -2.19. The minimum atomic E-state index is -0.391. The third-order valence-electron chi connectivity index (χ3n) is 0.918. The van der Waals surface area contributed by atoms with Crippen molar-refractivity contribution in [3.8, 4) is 0 Å². The Bertz CT molecular complexity index is 198. The van der Waals surface area contributed by atoms with Crippen LogP contribution in [0.15, 0.2) is 0 Å². The quantitative estimate of drug-likeness (QED) is 0.624. The highest BCUT2D eigenvalue weighted by atomic mass is 32.1. The molecule has 0 aliphatic heterocycles. The van der Waals surface area contributed by atoms with Gasteiger partial charge in [0.2, 0.25) is 0 Å². The molecule has 0 spiro atoms. The largest absolute Gasteiger partial charge is 0.444 e. The normalized spacial score (nSPS) is 9.60. The van der Waals surface area contributed by atoms with E-state index in [1.54, 1.807) is 0 Å². The molecule has 0 aromatic rings. The van der Waals surface area contributed by atoms with Crippen LogP contribution in [0.4, 0.5) is 4.79 Å². The number of nitrogens with two attached hydrogens (primary N) is 2. The van der Waals surface area contributed by atoms with E-state index in [9.17, 15) is 4.79 Å². The number of rotatable bonds is 2. The molecule has 0 unspecified atom stereocenters. The molecule has 0 bridgehead atoms. The van der Waals surface area contributed by atoms with Gasteiger partial charge in [0.05, 0.1) is 0 Å². The number of amides is 1. The van der Waals surface area contributed by atoms with Crippen LogP contribution in [0.2, 0.25) is 0 Å². The SMILES string of the molecule is CCCNC(=O)OC(C)(C)C.NC(N)=S. The zero-order chi connectivity index (χ0) is 12.5. The molecule has 15 heavy (non-hydrogen) atoms. The van der Waals surface area contributed by atoms with Crippen LogP contribution in [0.1, 0.15) is 34.1 Å². The van der Waals surface area contributed by atoms with Crippen molar-refractivity contribution in [3.05, 3.63) is 0 Å². The highest BCUT2D eigenvalue weighted by Gasteiger charge is 2.14. The molecule has 0 saturated carbocycles. The lowest BCUT2D eigenvalue weighted by Crippen LogP contribution is -2.32. The van der Waals surface area contributed by atoms with E-state index in [1.807, 2.05) is 27.7 Å². The summed E-state index contributed by atoms with van der Waals surface area (Å²) in [4.78, 5) is 10.9. The first-order valence-electron chi connectivity index (χ1n) is 4.70. The number of nitrogens with one attached hydrogen (secondary N) is 1. The molecule has 0 fully saturated rings. The van der Waals surface area contributed by atoms with Crippen LogP contribution in [-0.2, 0) is 4.74 Å². The fraction of sp³-hybridized carbons (Fsp3) is 0.778. The maximum absolute atomic E-state index is 10.9. The number of carbonyl (C=O) groups excluding carboxylic acids is 1. The molecular weight excluding hydrogens is 214 g/mol. The first-order valence-corrected chi connectivity index (χ1v) is 5.11. The summed E-state index contributed by atoms with van der Waals surface area (Å²) >= 11 is 4.09. The van der Waals surface area contributed by atoms with Crippen molar-refractivity contribution in [2.45, 2.75) is 39.7 Å². The fourth-order valence-electron chi connectivity index (χ4n) is 0.541. The van der Waals surface area contributed by atoms with Gasteiger partial charge in [0.1, 0.15) is 5.60 Å². The predicted octanol–water partition coefficient (Wildman–Crippen LogP) is 1.11. The Morgan fingerprint density at radius 1 is 1.40 bits per heavy atom. The number of carbonyl (C=O) groups is 1. The average molecular weight is 235 g/mol. The summed E-state index contributed by atoms with van der Waals surface area (Å²) in [5, 5.41) is 2.63. The van der Waals surface area contributed by atoms with E-state index >= 15 is 0 Å². The van der Waals surface area contributed by atoms with E-state index in [-0.39, 0.29) is 11.2 Å². The van der Waals surface area contributed by atoms with E-state index in [0.29, 0.717) is 6.54 Å². The van der Waals surface area contributed by atoms with Crippen LogP contribution in [0.5, 0.6) is 0 Å². The van der Waals surface area contributed by atoms with Crippen LogP contribution < -0.4 is 16.8 Å². The van der Waals surface area contributed by atoms with Gasteiger partial charge in [0.25, 0.3) is 0 Å². The van der Waals surface area contributed by atoms with Gasteiger partial charge < -0.3 is 21.5 Å². The number of hydrogen-bond donors (Lipinski definition) is 3. The molecule has 0 radical (unpaired) electrons. The molecule has 1 amide bonds. The minimum absolute atomic E-state index is 0.000000000000000222. The van der Waals surface area contributed by atoms with E-state index in [0.717, 1.165) is 6.42 Å². The van der Waals surface area contributed by atoms with Gasteiger partial charge in [-0.2, -0.15) is 0 Å². The average Bonchev–Trinajstić information content (AvgIpc) is 1.96. The van der Waals surface area contributed by atoms with Crippen LogP contribution in [0.3, 0.4) is 0 Å². The number of hydrogen-bond acceptors (Lipinski definition) is 3. The Balaban J connectivity index is 0. The molecule has 0 heterocycles. The van der Waals surface area contributed by atoms with Crippen molar-refractivity contribution in [1.29, 1.82) is 0 Å². The summed E-state index contributed by atoms with van der Waals surface area (Å²) in [6.07, 6.45) is 0.596. The molecular formula is C9H21N3O2S. The van der Waals surface area contributed by atoms with Gasteiger partial charge in [-0.15, -0.1) is 0 Å². The molecule has 6 heteroatoms. The zero-order valence-electron chi connectivity index (χ0n) is 9.79. The van der Waals surface area contributed by atoms with E-state index < -0.39 is 5.60 Å². The second-order valence-corrected chi connectivity index (χ2v) is 4.30. The highest BCUT2D eigenvalue weighted by molar-refractivity contribution is 7.80. The third-order valence-corrected chi connectivity index (χ3v) is 0.918. The number of ether oxygens (including phenoxy) is 1. The van der Waals surface area contributed by atoms with Gasteiger partial charge in [-0.25, -0.2) is 4.79 Å². The maximum atomic E-state index is 10.9. The molecule has 0 rings (SSSR count). The fourth-order valence-corrected chi connectivity index (χ4v) is 0.541. The molecule has 0 aliphatic carbocycles.